The summed E-state index contributed by atoms with van der Waals surface area (Å²) in [6, 6.07) is 8.03. The van der Waals surface area contributed by atoms with Crippen molar-refractivity contribution in [3.8, 4) is 0 Å². The molecule has 2 aromatic rings. The van der Waals surface area contributed by atoms with E-state index in [2.05, 4.69) is 17.2 Å². The van der Waals surface area contributed by atoms with E-state index in [1.54, 1.807) is 7.11 Å². The minimum absolute atomic E-state index is 0.00262. The first kappa shape index (κ1) is 15.4. The highest BCUT2D eigenvalue weighted by molar-refractivity contribution is 5.86. The number of carbonyl (C=O) groups is 1. The Kier molecular flexibility index (Phi) is 4.91. The van der Waals surface area contributed by atoms with Crippen LogP contribution in [-0.2, 0) is 16.0 Å². The molecule has 1 aromatic carbocycles. The van der Waals surface area contributed by atoms with Crippen LogP contribution in [0.25, 0.3) is 10.9 Å². The van der Waals surface area contributed by atoms with Crippen LogP contribution in [0.1, 0.15) is 23.7 Å². The summed E-state index contributed by atoms with van der Waals surface area (Å²) in [6.45, 7) is 6.46. The second-order valence-electron chi connectivity index (χ2n) is 5.42. The van der Waals surface area contributed by atoms with E-state index >= 15 is 0 Å². The molecule has 0 fully saturated rings. The summed E-state index contributed by atoms with van der Waals surface area (Å²) < 4.78 is 5.03. The Labute approximate surface area is 125 Å². The van der Waals surface area contributed by atoms with Crippen molar-refractivity contribution >= 4 is 16.8 Å². The van der Waals surface area contributed by atoms with Crippen molar-refractivity contribution in [2.45, 2.75) is 33.2 Å². The first-order valence-corrected chi connectivity index (χ1v) is 7.16. The maximum atomic E-state index is 12.1. The molecule has 0 spiro atoms. The number of benzene rings is 1. The van der Waals surface area contributed by atoms with Gasteiger partial charge < -0.3 is 10.1 Å². The average Bonchev–Trinajstić information content (AvgIpc) is 2.43. The summed E-state index contributed by atoms with van der Waals surface area (Å²) >= 11 is 0. The van der Waals surface area contributed by atoms with Crippen molar-refractivity contribution in [2.24, 2.45) is 0 Å². The summed E-state index contributed by atoms with van der Waals surface area (Å²) in [7, 11) is 1.63. The first-order valence-electron chi connectivity index (χ1n) is 7.16. The van der Waals surface area contributed by atoms with Crippen LogP contribution in [-0.4, -0.2) is 30.6 Å². The van der Waals surface area contributed by atoms with E-state index in [4.69, 9.17) is 4.74 Å². The fourth-order valence-electron chi connectivity index (χ4n) is 2.61. The van der Waals surface area contributed by atoms with Crippen LogP contribution in [0.3, 0.4) is 0 Å². The van der Waals surface area contributed by atoms with Crippen LogP contribution in [0.4, 0.5) is 0 Å². The van der Waals surface area contributed by atoms with Gasteiger partial charge in [-0.25, -0.2) is 0 Å². The summed E-state index contributed by atoms with van der Waals surface area (Å²) in [4.78, 5) is 16.7. The number of para-hydroxylation sites is 1. The summed E-state index contributed by atoms with van der Waals surface area (Å²) in [6.07, 6.45) is 0.351. The molecular formula is C17H22N2O2. The Bertz CT molecular complexity index is 653. The lowest BCUT2D eigenvalue weighted by molar-refractivity contribution is -0.121. The molecule has 0 saturated carbocycles. The van der Waals surface area contributed by atoms with Crippen molar-refractivity contribution < 1.29 is 9.53 Å². The monoisotopic (exact) mass is 286 g/mol. The van der Waals surface area contributed by atoms with Crippen LogP contribution in [0.2, 0.25) is 0 Å². The number of nitrogens with one attached hydrogen (secondary N) is 1. The summed E-state index contributed by atoms with van der Waals surface area (Å²) in [5.74, 6) is 0.00262. The number of hydrogen-bond donors (Lipinski definition) is 1. The predicted molar refractivity (Wildman–Crippen MR) is 84.4 cm³/mol. The predicted octanol–water partition coefficient (Wildman–Crippen LogP) is 2.55. The van der Waals surface area contributed by atoms with E-state index in [1.165, 1.54) is 0 Å². The zero-order valence-electron chi connectivity index (χ0n) is 13.1. The Balaban J connectivity index is 2.24. The quantitative estimate of drug-likeness (QED) is 0.919. The molecule has 1 amide bonds. The Morgan fingerprint density at radius 2 is 2.05 bits per heavy atom. The largest absolute Gasteiger partial charge is 0.383 e. The van der Waals surface area contributed by atoms with Gasteiger partial charge in [0.15, 0.2) is 0 Å². The van der Waals surface area contributed by atoms with Gasteiger partial charge in [-0.2, -0.15) is 0 Å². The van der Waals surface area contributed by atoms with Crippen molar-refractivity contribution in [3.63, 3.8) is 0 Å². The molecule has 1 N–H and O–H groups in total. The summed E-state index contributed by atoms with van der Waals surface area (Å²) in [5.41, 5.74) is 4.04. The molecule has 112 valence electrons. The molecule has 1 heterocycles. The van der Waals surface area contributed by atoms with Crippen LogP contribution >= 0.6 is 0 Å². The minimum Gasteiger partial charge on any atom is -0.383 e. The molecule has 1 atom stereocenters. The fraction of sp³-hybridized carbons (Fsp3) is 0.412. The zero-order chi connectivity index (χ0) is 15.4. The highest BCUT2D eigenvalue weighted by Gasteiger charge is 2.14. The molecule has 0 aliphatic rings. The highest BCUT2D eigenvalue weighted by Crippen LogP contribution is 2.22. The molecule has 1 aromatic heterocycles. The van der Waals surface area contributed by atoms with E-state index in [0.717, 1.165) is 27.7 Å². The van der Waals surface area contributed by atoms with Crippen molar-refractivity contribution in [3.05, 3.63) is 41.1 Å². The average molecular weight is 286 g/mol. The number of carbonyl (C=O) groups excluding carboxylic acids is 1. The van der Waals surface area contributed by atoms with Gasteiger partial charge in [0.25, 0.3) is 0 Å². The number of pyridine rings is 1. The molecule has 2 rings (SSSR count). The smallest absolute Gasteiger partial charge is 0.224 e. The normalized spacial score (nSPS) is 12.4. The van der Waals surface area contributed by atoms with Gasteiger partial charge in [0, 0.05) is 24.2 Å². The van der Waals surface area contributed by atoms with Gasteiger partial charge in [0.1, 0.15) is 0 Å². The van der Waals surface area contributed by atoms with Gasteiger partial charge in [-0.05, 0) is 38.0 Å². The number of nitrogens with zero attached hydrogens (tertiary/aromatic N) is 1. The van der Waals surface area contributed by atoms with E-state index in [1.807, 2.05) is 38.1 Å². The van der Waals surface area contributed by atoms with E-state index < -0.39 is 0 Å². The number of aryl methyl sites for hydroxylation is 2. The van der Waals surface area contributed by atoms with Crippen molar-refractivity contribution in [2.75, 3.05) is 13.7 Å². The maximum absolute atomic E-state index is 12.1. The first-order chi connectivity index (χ1) is 10.0. The Morgan fingerprint density at radius 3 is 2.76 bits per heavy atom. The second-order valence-corrected chi connectivity index (χ2v) is 5.42. The maximum Gasteiger partial charge on any atom is 0.224 e. The zero-order valence-corrected chi connectivity index (χ0v) is 13.1. The number of hydrogen-bond acceptors (Lipinski definition) is 3. The third-order valence-corrected chi connectivity index (χ3v) is 3.65. The number of rotatable bonds is 5. The van der Waals surface area contributed by atoms with E-state index in [0.29, 0.717) is 13.0 Å². The third-order valence-electron chi connectivity index (χ3n) is 3.65. The molecule has 1 unspecified atom stereocenters. The molecule has 0 radical (unpaired) electrons. The van der Waals surface area contributed by atoms with E-state index in [-0.39, 0.29) is 11.9 Å². The highest BCUT2D eigenvalue weighted by atomic mass is 16.5. The van der Waals surface area contributed by atoms with Crippen LogP contribution in [0.5, 0.6) is 0 Å². The van der Waals surface area contributed by atoms with Gasteiger partial charge >= 0.3 is 0 Å². The Morgan fingerprint density at radius 1 is 1.33 bits per heavy atom. The molecule has 0 aliphatic heterocycles. The fourth-order valence-corrected chi connectivity index (χ4v) is 2.61. The molecule has 0 bridgehead atoms. The van der Waals surface area contributed by atoms with E-state index in [9.17, 15) is 4.79 Å². The number of ether oxygens (including phenoxy) is 1. The molecule has 4 heteroatoms. The molecular weight excluding hydrogens is 264 g/mol. The lowest BCUT2D eigenvalue weighted by Gasteiger charge is -2.15. The van der Waals surface area contributed by atoms with Crippen molar-refractivity contribution in [1.29, 1.82) is 0 Å². The van der Waals surface area contributed by atoms with Crippen molar-refractivity contribution in [1.82, 2.24) is 10.3 Å². The van der Waals surface area contributed by atoms with Gasteiger partial charge in [0.2, 0.25) is 5.91 Å². The topological polar surface area (TPSA) is 51.2 Å². The van der Waals surface area contributed by atoms with Crippen LogP contribution in [0, 0.1) is 13.8 Å². The van der Waals surface area contributed by atoms with Gasteiger partial charge in [-0.3, -0.25) is 9.78 Å². The van der Waals surface area contributed by atoms with Gasteiger partial charge in [-0.15, -0.1) is 0 Å². The molecule has 4 nitrogen and oxygen atoms in total. The lowest BCUT2D eigenvalue weighted by atomic mass is 9.99. The standard InChI is InChI=1S/C17H22N2O2/c1-11(10-21-4)18-17(20)9-15-12(2)14-7-5-6-8-16(14)19-13(15)3/h5-8,11H,9-10H2,1-4H3,(H,18,20). The van der Waals surface area contributed by atoms with Crippen LogP contribution in [0.15, 0.2) is 24.3 Å². The van der Waals surface area contributed by atoms with Crippen LogP contribution < -0.4 is 5.32 Å². The Hall–Kier alpha value is -1.94. The molecule has 21 heavy (non-hydrogen) atoms. The number of amides is 1. The molecule has 0 saturated heterocycles. The number of fused-ring (bicyclic) bond motifs is 1. The lowest BCUT2D eigenvalue weighted by Crippen LogP contribution is -2.36. The minimum atomic E-state index is 0.00262. The van der Waals surface area contributed by atoms with Gasteiger partial charge in [-0.1, -0.05) is 18.2 Å². The summed E-state index contributed by atoms with van der Waals surface area (Å²) in [5, 5.41) is 4.05. The SMILES string of the molecule is COCC(C)NC(=O)Cc1c(C)nc2ccccc2c1C. The second kappa shape index (κ2) is 6.68. The molecule has 0 aliphatic carbocycles. The number of aromatic nitrogens is 1. The van der Waals surface area contributed by atoms with Gasteiger partial charge in [0.05, 0.1) is 18.5 Å². The third kappa shape index (κ3) is 3.58. The number of methoxy groups -OCH3 is 1.